The maximum atomic E-state index is 12.4. The van der Waals surface area contributed by atoms with E-state index in [9.17, 15) is 9.59 Å². The number of urea groups is 1. The molecule has 0 spiro atoms. The number of ether oxygens (including phenoxy) is 1. The Balaban J connectivity index is 1.98. The molecule has 1 fully saturated rings. The fraction of sp³-hybridized carbons (Fsp3) is 0.467. The van der Waals surface area contributed by atoms with Crippen molar-refractivity contribution in [2.45, 2.75) is 0 Å². The highest BCUT2D eigenvalue weighted by atomic mass is 16.5. The molecule has 0 atom stereocenters. The van der Waals surface area contributed by atoms with Gasteiger partial charge in [0.1, 0.15) is 5.75 Å². The van der Waals surface area contributed by atoms with Gasteiger partial charge in [0.15, 0.2) is 0 Å². The lowest BCUT2D eigenvalue weighted by Gasteiger charge is -2.36. The lowest BCUT2D eigenvalue weighted by molar-refractivity contribution is 0.0650. The second-order valence-corrected chi connectivity index (χ2v) is 5.19. The predicted molar refractivity (Wildman–Crippen MR) is 79.6 cm³/mol. The third-order valence-corrected chi connectivity index (χ3v) is 3.54. The molecule has 114 valence electrons. The molecule has 1 saturated heterocycles. The molecule has 6 heteroatoms. The summed E-state index contributed by atoms with van der Waals surface area (Å²) in [5.74, 6) is 0.646. The number of carbonyl (C=O) groups excluding carboxylic acids is 2. The van der Waals surface area contributed by atoms with E-state index in [0.717, 1.165) is 0 Å². The summed E-state index contributed by atoms with van der Waals surface area (Å²) in [5.41, 5.74) is 0.613. The summed E-state index contributed by atoms with van der Waals surface area (Å²) in [5, 5.41) is 0. The largest absolute Gasteiger partial charge is 0.497 e. The zero-order chi connectivity index (χ0) is 15.4. The summed E-state index contributed by atoms with van der Waals surface area (Å²) in [6.45, 7) is 2.23. The average Bonchev–Trinajstić information content (AvgIpc) is 2.53. The minimum Gasteiger partial charge on any atom is -0.497 e. The van der Waals surface area contributed by atoms with Gasteiger partial charge in [0, 0.05) is 45.8 Å². The van der Waals surface area contributed by atoms with E-state index in [4.69, 9.17) is 4.74 Å². The van der Waals surface area contributed by atoms with Gasteiger partial charge in [0.2, 0.25) is 0 Å². The van der Waals surface area contributed by atoms with Gasteiger partial charge in [-0.25, -0.2) is 4.79 Å². The molecule has 6 nitrogen and oxygen atoms in total. The number of hydrogen-bond acceptors (Lipinski definition) is 3. The van der Waals surface area contributed by atoms with Gasteiger partial charge in [-0.1, -0.05) is 6.07 Å². The Kier molecular flexibility index (Phi) is 4.67. The van der Waals surface area contributed by atoms with Crippen LogP contribution in [0.3, 0.4) is 0 Å². The van der Waals surface area contributed by atoms with Crippen molar-refractivity contribution in [1.82, 2.24) is 14.7 Å². The Labute approximate surface area is 124 Å². The first-order valence-electron chi connectivity index (χ1n) is 6.92. The Morgan fingerprint density at radius 1 is 1.10 bits per heavy atom. The van der Waals surface area contributed by atoms with Gasteiger partial charge < -0.3 is 19.4 Å². The van der Waals surface area contributed by atoms with E-state index in [1.54, 1.807) is 54.1 Å². The standard InChI is InChI=1S/C15H21N3O3/c1-16(2)15(20)18-9-7-17(8-10-18)14(19)12-5-4-6-13(11-12)21-3/h4-6,11H,7-10H2,1-3H3. The molecule has 3 amide bonds. The Morgan fingerprint density at radius 3 is 2.29 bits per heavy atom. The third kappa shape index (κ3) is 3.45. The highest BCUT2D eigenvalue weighted by Gasteiger charge is 2.25. The topological polar surface area (TPSA) is 53.1 Å². The number of amides is 3. The second kappa shape index (κ2) is 6.47. The first-order chi connectivity index (χ1) is 10.0. The van der Waals surface area contributed by atoms with Crippen molar-refractivity contribution >= 4 is 11.9 Å². The number of benzene rings is 1. The summed E-state index contributed by atoms with van der Waals surface area (Å²) < 4.78 is 5.14. The highest BCUT2D eigenvalue weighted by Crippen LogP contribution is 2.15. The molecular weight excluding hydrogens is 270 g/mol. The Hall–Kier alpha value is -2.24. The lowest BCUT2D eigenvalue weighted by atomic mass is 10.1. The molecule has 0 aliphatic carbocycles. The van der Waals surface area contributed by atoms with Crippen molar-refractivity contribution in [3.8, 4) is 5.75 Å². The molecule has 0 saturated carbocycles. The van der Waals surface area contributed by atoms with Crippen LogP contribution in [-0.2, 0) is 0 Å². The van der Waals surface area contributed by atoms with E-state index in [1.165, 1.54) is 0 Å². The third-order valence-electron chi connectivity index (χ3n) is 3.54. The van der Waals surface area contributed by atoms with E-state index in [0.29, 0.717) is 37.5 Å². The van der Waals surface area contributed by atoms with Crippen molar-refractivity contribution in [1.29, 1.82) is 0 Å². The molecule has 1 aliphatic heterocycles. The maximum absolute atomic E-state index is 12.4. The zero-order valence-corrected chi connectivity index (χ0v) is 12.7. The SMILES string of the molecule is COc1cccc(C(=O)N2CCN(C(=O)N(C)C)CC2)c1. The monoisotopic (exact) mass is 291 g/mol. The molecule has 1 aliphatic rings. The minimum absolute atomic E-state index is 0.0107. The minimum atomic E-state index is -0.0224. The summed E-state index contributed by atoms with van der Waals surface area (Å²) in [7, 11) is 5.04. The summed E-state index contributed by atoms with van der Waals surface area (Å²) in [6.07, 6.45) is 0. The lowest BCUT2D eigenvalue weighted by Crippen LogP contribution is -2.52. The van der Waals surface area contributed by atoms with Crippen molar-refractivity contribution in [2.75, 3.05) is 47.4 Å². The van der Waals surface area contributed by atoms with Gasteiger partial charge in [0.25, 0.3) is 5.91 Å². The van der Waals surface area contributed by atoms with Gasteiger partial charge in [-0.2, -0.15) is 0 Å². The van der Waals surface area contributed by atoms with E-state index in [-0.39, 0.29) is 11.9 Å². The van der Waals surface area contributed by atoms with Crippen LogP contribution in [-0.4, -0.2) is 74.0 Å². The molecule has 0 aromatic heterocycles. The molecule has 0 radical (unpaired) electrons. The number of hydrogen-bond donors (Lipinski definition) is 0. The quantitative estimate of drug-likeness (QED) is 0.821. The molecule has 0 bridgehead atoms. The summed E-state index contributed by atoms with van der Waals surface area (Å²) in [4.78, 5) is 29.4. The number of methoxy groups -OCH3 is 1. The van der Waals surface area contributed by atoms with Crippen LogP contribution in [0.2, 0.25) is 0 Å². The van der Waals surface area contributed by atoms with Crippen molar-refractivity contribution < 1.29 is 14.3 Å². The van der Waals surface area contributed by atoms with E-state index >= 15 is 0 Å². The van der Waals surface area contributed by atoms with Crippen LogP contribution in [0.4, 0.5) is 4.79 Å². The van der Waals surface area contributed by atoms with E-state index < -0.39 is 0 Å². The molecule has 1 aromatic carbocycles. The molecule has 21 heavy (non-hydrogen) atoms. The number of rotatable bonds is 2. The molecule has 0 unspecified atom stereocenters. The zero-order valence-electron chi connectivity index (χ0n) is 12.7. The molecule has 2 rings (SSSR count). The van der Waals surface area contributed by atoms with Crippen molar-refractivity contribution in [3.05, 3.63) is 29.8 Å². The van der Waals surface area contributed by atoms with Crippen LogP contribution in [0.1, 0.15) is 10.4 Å². The average molecular weight is 291 g/mol. The molecular formula is C15H21N3O3. The predicted octanol–water partition coefficient (Wildman–Crippen LogP) is 1.13. The van der Waals surface area contributed by atoms with Crippen LogP contribution >= 0.6 is 0 Å². The van der Waals surface area contributed by atoms with Crippen molar-refractivity contribution in [3.63, 3.8) is 0 Å². The number of nitrogens with zero attached hydrogens (tertiary/aromatic N) is 3. The van der Waals surface area contributed by atoms with E-state index in [1.807, 2.05) is 6.07 Å². The van der Waals surface area contributed by atoms with Crippen LogP contribution in [0, 0.1) is 0 Å². The molecule has 1 heterocycles. The summed E-state index contributed by atoms with van der Waals surface area (Å²) in [6, 6.07) is 7.12. The van der Waals surface area contributed by atoms with Gasteiger partial charge in [-0.3, -0.25) is 4.79 Å². The van der Waals surface area contributed by atoms with Crippen LogP contribution in [0.15, 0.2) is 24.3 Å². The maximum Gasteiger partial charge on any atom is 0.319 e. The highest BCUT2D eigenvalue weighted by molar-refractivity contribution is 5.94. The fourth-order valence-electron chi connectivity index (χ4n) is 2.32. The first kappa shape index (κ1) is 15.2. The van der Waals surface area contributed by atoms with Gasteiger partial charge >= 0.3 is 6.03 Å². The second-order valence-electron chi connectivity index (χ2n) is 5.19. The Morgan fingerprint density at radius 2 is 1.71 bits per heavy atom. The summed E-state index contributed by atoms with van der Waals surface area (Å²) >= 11 is 0. The van der Waals surface area contributed by atoms with Gasteiger partial charge in [-0.05, 0) is 18.2 Å². The van der Waals surface area contributed by atoms with Crippen molar-refractivity contribution in [2.24, 2.45) is 0 Å². The van der Waals surface area contributed by atoms with Crippen LogP contribution in [0.5, 0.6) is 5.75 Å². The fourth-order valence-corrected chi connectivity index (χ4v) is 2.32. The Bertz CT molecular complexity index is 523. The molecule has 1 aromatic rings. The first-order valence-corrected chi connectivity index (χ1v) is 6.92. The van der Waals surface area contributed by atoms with Crippen LogP contribution < -0.4 is 4.74 Å². The molecule has 0 N–H and O–H groups in total. The number of carbonyl (C=O) groups is 2. The number of piperazine rings is 1. The van der Waals surface area contributed by atoms with E-state index in [2.05, 4.69) is 0 Å². The smallest absolute Gasteiger partial charge is 0.319 e. The normalized spacial score (nSPS) is 14.8. The van der Waals surface area contributed by atoms with Gasteiger partial charge in [0.05, 0.1) is 7.11 Å². The van der Waals surface area contributed by atoms with Crippen LogP contribution in [0.25, 0.3) is 0 Å². The van der Waals surface area contributed by atoms with Gasteiger partial charge in [-0.15, -0.1) is 0 Å².